The third-order valence-corrected chi connectivity index (χ3v) is 5.09. The quantitative estimate of drug-likeness (QED) is 0.690. The van der Waals surface area contributed by atoms with E-state index in [9.17, 15) is 4.79 Å². The molecule has 0 radical (unpaired) electrons. The van der Waals surface area contributed by atoms with Crippen molar-refractivity contribution in [2.24, 2.45) is 0 Å². The third-order valence-electron chi connectivity index (χ3n) is 4.76. The molecular formula is C20H24ClN5O. The fraction of sp³-hybridized carbons (Fsp3) is 0.350. The lowest BCUT2D eigenvalue weighted by Crippen LogP contribution is -2.29. The first-order valence-electron chi connectivity index (χ1n) is 9.10. The van der Waals surface area contributed by atoms with Crippen LogP contribution in [-0.4, -0.2) is 25.5 Å². The number of nitrogens with one attached hydrogen (secondary N) is 1. The lowest BCUT2D eigenvalue weighted by Gasteiger charge is -2.19. The molecule has 0 saturated carbocycles. The number of carbonyl (C=O) groups is 1. The number of aryl methyl sites for hydroxylation is 2. The van der Waals surface area contributed by atoms with E-state index in [1.54, 1.807) is 23.0 Å². The molecule has 2 aromatic heterocycles. The van der Waals surface area contributed by atoms with Crippen LogP contribution in [-0.2, 0) is 6.54 Å². The summed E-state index contributed by atoms with van der Waals surface area (Å²) in [5.41, 5.74) is 4.32. The minimum absolute atomic E-state index is 0.123. The van der Waals surface area contributed by atoms with Gasteiger partial charge < -0.3 is 5.32 Å². The Morgan fingerprint density at radius 2 is 2.07 bits per heavy atom. The van der Waals surface area contributed by atoms with E-state index in [4.69, 9.17) is 11.6 Å². The zero-order chi connectivity index (χ0) is 19.6. The zero-order valence-corrected chi connectivity index (χ0v) is 16.8. The van der Waals surface area contributed by atoms with Gasteiger partial charge in [-0.3, -0.25) is 9.48 Å². The van der Waals surface area contributed by atoms with Crippen LogP contribution in [0.3, 0.4) is 0 Å². The first-order chi connectivity index (χ1) is 13.0. The van der Waals surface area contributed by atoms with Gasteiger partial charge in [0, 0.05) is 30.2 Å². The van der Waals surface area contributed by atoms with Crippen LogP contribution in [0, 0.1) is 13.8 Å². The second-order valence-corrected chi connectivity index (χ2v) is 6.86. The highest BCUT2D eigenvalue weighted by molar-refractivity contribution is 6.33. The van der Waals surface area contributed by atoms with Crippen LogP contribution in [0.25, 0.3) is 5.69 Å². The minimum Gasteiger partial charge on any atom is -0.345 e. The molecule has 3 rings (SSSR count). The van der Waals surface area contributed by atoms with Gasteiger partial charge in [0.1, 0.15) is 0 Å². The van der Waals surface area contributed by atoms with Gasteiger partial charge in [-0.25, -0.2) is 4.68 Å². The van der Waals surface area contributed by atoms with E-state index >= 15 is 0 Å². The van der Waals surface area contributed by atoms with Crippen LogP contribution in [0.2, 0.25) is 5.02 Å². The van der Waals surface area contributed by atoms with E-state index < -0.39 is 0 Å². The fourth-order valence-corrected chi connectivity index (χ4v) is 3.59. The van der Waals surface area contributed by atoms with Crippen molar-refractivity contribution in [2.45, 2.75) is 46.7 Å². The summed E-state index contributed by atoms with van der Waals surface area (Å²) < 4.78 is 3.66. The molecule has 6 nitrogen and oxygen atoms in total. The molecule has 0 aliphatic carbocycles. The summed E-state index contributed by atoms with van der Waals surface area (Å²) in [5, 5.41) is 12.3. The molecule has 1 atom stereocenters. The summed E-state index contributed by atoms with van der Waals surface area (Å²) in [6, 6.07) is 7.02. The Hall–Kier alpha value is -2.60. The molecule has 1 N–H and O–H groups in total. The summed E-state index contributed by atoms with van der Waals surface area (Å²) in [6.45, 7) is 8.93. The van der Waals surface area contributed by atoms with Gasteiger partial charge in [-0.05, 0) is 51.5 Å². The Balaban J connectivity index is 1.90. The zero-order valence-electron chi connectivity index (χ0n) is 16.0. The van der Waals surface area contributed by atoms with E-state index in [1.807, 2.05) is 36.9 Å². The van der Waals surface area contributed by atoms with E-state index in [0.29, 0.717) is 10.6 Å². The second kappa shape index (κ2) is 7.96. The van der Waals surface area contributed by atoms with Crippen molar-refractivity contribution in [3.8, 4) is 5.69 Å². The summed E-state index contributed by atoms with van der Waals surface area (Å²) >= 11 is 6.31. The van der Waals surface area contributed by atoms with Crippen LogP contribution in [0.4, 0.5) is 0 Å². The monoisotopic (exact) mass is 385 g/mol. The molecular weight excluding hydrogens is 362 g/mol. The number of halogens is 1. The SMILES string of the molecule is CC[C@H](NC(=O)c1cc(-n2cccn2)ccc1Cl)c1c(C)nn(CC)c1C. The number of hydrogen-bond donors (Lipinski definition) is 1. The average molecular weight is 386 g/mol. The predicted molar refractivity (Wildman–Crippen MR) is 106 cm³/mol. The molecule has 1 amide bonds. The van der Waals surface area contributed by atoms with Gasteiger partial charge in [-0.15, -0.1) is 0 Å². The van der Waals surface area contributed by atoms with Crippen molar-refractivity contribution >= 4 is 17.5 Å². The van der Waals surface area contributed by atoms with Crippen molar-refractivity contribution < 1.29 is 4.79 Å². The van der Waals surface area contributed by atoms with Crippen LogP contribution < -0.4 is 5.32 Å². The Kier molecular flexibility index (Phi) is 5.65. The molecule has 1 aromatic carbocycles. The van der Waals surface area contributed by atoms with E-state index in [0.717, 1.165) is 35.6 Å². The van der Waals surface area contributed by atoms with Gasteiger partial charge in [0.25, 0.3) is 5.91 Å². The lowest BCUT2D eigenvalue weighted by molar-refractivity contribution is 0.0935. The predicted octanol–water partition coefficient (Wildman–Crippen LogP) is 4.24. The molecule has 0 fully saturated rings. The molecule has 0 bridgehead atoms. The lowest BCUT2D eigenvalue weighted by atomic mass is 10.0. The molecule has 0 spiro atoms. The first-order valence-corrected chi connectivity index (χ1v) is 9.48. The fourth-order valence-electron chi connectivity index (χ4n) is 3.39. The number of nitrogens with zero attached hydrogens (tertiary/aromatic N) is 4. The summed E-state index contributed by atoms with van der Waals surface area (Å²) in [5.74, 6) is -0.205. The first kappa shape index (κ1) is 19.2. The average Bonchev–Trinajstić information content (AvgIpc) is 3.28. The van der Waals surface area contributed by atoms with Gasteiger partial charge in [0.05, 0.1) is 28.0 Å². The summed E-state index contributed by atoms with van der Waals surface area (Å²) in [7, 11) is 0. The second-order valence-electron chi connectivity index (χ2n) is 6.45. The van der Waals surface area contributed by atoms with E-state index in [1.165, 1.54) is 0 Å². The van der Waals surface area contributed by atoms with Gasteiger partial charge in [0.2, 0.25) is 0 Å². The molecule has 7 heteroatoms. The number of aromatic nitrogens is 4. The Labute approximate surface area is 164 Å². The highest BCUT2D eigenvalue weighted by Crippen LogP contribution is 2.26. The molecule has 0 unspecified atom stereocenters. The van der Waals surface area contributed by atoms with Crippen LogP contribution >= 0.6 is 11.6 Å². The van der Waals surface area contributed by atoms with Gasteiger partial charge in [0.15, 0.2) is 0 Å². The van der Waals surface area contributed by atoms with Crippen molar-refractivity contribution in [1.29, 1.82) is 0 Å². The maximum absolute atomic E-state index is 13.0. The molecule has 0 saturated heterocycles. The molecule has 142 valence electrons. The van der Waals surface area contributed by atoms with Gasteiger partial charge >= 0.3 is 0 Å². The normalized spacial score (nSPS) is 12.2. The third kappa shape index (κ3) is 3.76. The highest BCUT2D eigenvalue weighted by atomic mass is 35.5. The number of carbonyl (C=O) groups excluding carboxylic acids is 1. The Bertz CT molecular complexity index is 946. The van der Waals surface area contributed by atoms with Crippen molar-refractivity contribution in [1.82, 2.24) is 24.9 Å². The number of benzene rings is 1. The standard InChI is InChI=1S/C20H24ClN5O/c1-5-18(19-13(3)24-25(6-2)14(19)4)23-20(27)16-12-15(8-9-17(16)21)26-11-7-10-22-26/h7-12,18H,5-6H2,1-4H3,(H,23,27)/t18-/m0/s1. The van der Waals surface area contributed by atoms with Crippen LogP contribution in [0.5, 0.6) is 0 Å². The maximum atomic E-state index is 13.0. The topological polar surface area (TPSA) is 64.7 Å². The summed E-state index contributed by atoms with van der Waals surface area (Å²) in [6.07, 6.45) is 4.28. The molecule has 3 aromatic rings. The van der Waals surface area contributed by atoms with Crippen LogP contribution in [0.1, 0.15) is 53.6 Å². The van der Waals surface area contributed by atoms with Crippen LogP contribution in [0.15, 0.2) is 36.7 Å². The van der Waals surface area contributed by atoms with Crippen molar-refractivity contribution in [3.05, 3.63) is 64.2 Å². The van der Waals surface area contributed by atoms with Gasteiger partial charge in [-0.2, -0.15) is 10.2 Å². The summed E-state index contributed by atoms with van der Waals surface area (Å²) in [4.78, 5) is 13.0. The van der Waals surface area contributed by atoms with E-state index in [-0.39, 0.29) is 11.9 Å². The van der Waals surface area contributed by atoms with E-state index in [2.05, 4.69) is 29.4 Å². The Morgan fingerprint density at radius 3 is 2.67 bits per heavy atom. The number of hydrogen-bond acceptors (Lipinski definition) is 3. The van der Waals surface area contributed by atoms with Gasteiger partial charge in [-0.1, -0.05) is 18.5 Å². The minimum atomic E-state index is -0.205. The largest absolute Gasteiger partial charge is 0.345 e. The molecule has 2 heterocycles. The molecule has 27 heavy (non-hydrogen) atoms. The smallest absolute Gasteiger partial charge is 0.253 e. The van der Waals surface area contributed by atoms with Crippen molar-refractivity contribution in [2.75, 3.05) is 0 Å². The maximum Gasteiger partial charge on any atom is 0.253 e. The van der Waals surface area contributed by atoms with Crippen molar-refractivity contribution in [3.63, 3.8) is 0 Å². The number of amides is 1. The molecule has 0 aliphatic heterocycles. The highest BCUT2D eigenvalue weighted by Gasteiger charge is 2.23. The Morgan fingerprint density at radius 1 is 1.30 bits per heavy atom. The molecule has 0 aliphatic rings. The number of rotatable bonds is 6.